The van der Waals surface area contributed by atoms with Gasteiger partial charge in [0, 0.05) is 22.9 Å². The fourth-order valence-electron chi connectivity index (χ4n) is 6.90. The molecule has 4 aromatic carbocycles. The third kappa shape index (κ3) is 10.00. The first-order valence-corrected chi connectivity index (χ1v) is 19.6. The summed E-state index contributed by atoms with van der Waals surface area (Å²) in [4.78, 5) is 12.8. The van der Waals surface area contributed by atoms with Crippen molar-refractivity contribution < 1.29 is 51.9 Å². The van der Waals surface area contributed by atoms with E-state index in [0.29, 0.717) is 82.0 Å². The Balaban J connectivity index is 0.914. The molecule has 2 heterocycles. The van der Waals surface area contributed by atoms with Crippen LogP contribution in [0.15, 0.2) is 71.3 Å². The maximum Gasteiger partial charge on any atom is 0.255 e. The Labute approximate surface area is 344 Å². The van der Waals surface area contributed by atoms with Crippen LogP contribution >= 0.6 is 0 Å². The van der Waals surface area contributed by atoms with Gasteiger partial charge in [0.25, 0.3) is 5.91 Å². The summed E-state index contributed by atoms with van der Waals surface area (Å²) in [7, 11) is 11.1. The van der Waals surface area contributed by atoms with Gasteiger partial charge in [0.05, 0.1) is 68.5 Å². The Morgan fingerprint density at radius 1 is 0.542 bits per heavy atom. The number of unbranched alkanes of at least 4 members (excludes halogenated alkanes) is 6. The Bertz CT molecular complexity index is 2140. The maximum absolute atomic E-state index is 12.8. The van der Waals surface area contributed by atoms with Gasteiger partial charge in [-0.2, -0.15) is 0 Å². The molecule has 0 saturated carbocycles. The highest BCUT2D eigenvalue weighted by Crippen LogP contribution is 2.44. The summed E-state index contributed by atoms with van der Waals surface area (Å²) >= 11 is 0. The van der Waals surface area contributed by atoms with Crippen molar-refractivity contribution in [2.24, 2.45) is 0 Å². The van der Waals surface area contributed by atoms with Crippen molar-refractivity contribution in [3.8, 4) is 74.3 Å². The van der Waals surface area contributed by atoms with E-state index < -0.39 is 6.17 Å². The molecule has 1 unspecified atom stereocenters. The summed E-state index contributed by atoms with van der Waals surface area (Å²) in [6.07, 6.45) is 6.89. The Morgan fingerprint density at radius 2 is 1.14 bits per heavy atom. The van der Waals surface area contributed by atoms with Gasteiger partial charge in [-0.25, -0.2) is 0 Å². The zero-order valence-electron chi connectivity index (χ0n) is 34.7. The molecule has 6 rings (SSSR count). The number of methoxy groups -OCH3 is 7. The first kappa shape index (κ1) is 42.2. The van der Waals surface area contributed by atoms with Gasteiger partial charge in [-0.1, -0.05) is 43.3 Å². The van der Waals surface area contributed by atoms with E-state index in [-0.39, 0.29) is 5.91 Å². The van der Waals surface area contributed by atoms with Crippen molar-refractivity contribution in [2.45, 2.75) is 51.1 Å². The molecule has 0 saturated heterocycles. The summed E-state index contributed by atoms with van der Waals surface area (Å²) in [5, 5.41) is 10.7. The van der Waals surface area contributed by atoms with Crippen molar-refractivity contribution in [2.75, 3.05) is 68.3 Å². The predicted molar refractivity (Wildman–Crippen MR) is 223 cm³/mol. The van der Waals surface area contributed by atoms with Crippen molar-refractivity contribution in [3.63, 3.8) is 0 Å². The highest BCUT2D eigenvalue weighted by Gasteiger charge is 2.26. The SMILES string of the molecule is COc1ccc2c(c1)C(=O)NC(c1ccc(OCCCCCCCCCOc3c(OC)cc(-c4cc(-c5cc(OC)c(OC)c(OC)c5)no4)cc3OC)c(OC)c1)N2. The zero-order valence-corrected chi connectivity index (χ0v) is 34.7. The predicted octanol–water partition coefficient (Wildman–Crippen LogP) is 9.11. The minimum Gasteiger partial charge on any atom is -0.497 e. The molecule has 1 aliphatic rings. The monoisotopic (exact) mass is 811 g/mol. The van der Waals surface area contributed by atoms with Gasteiger partial charge < -0.3 is 57.8 Å². The van der Waals surface area contributed by atoms with Crippen LogP contribution in [0.1, 0.15) is 67.0 Å². The fourth-order valence-corrected chi connectivity index (χ4v) is 6.90. The van der Waals surface area contributed by atoms with Crippen LogP contribution < -0.4 is 53.3 Å². The zero-order chi connectivity index (χ0) is 41.7. The Kier molecular flexibility index (Phi) is 14.5. The number of aromatic nitrogens is 1. The first-order valence-electron chi connectivity index (χ1n) is 19.6. The van der Waals surface area contributed by atoms with Crippen molar-refractivity contribution in [1.29, 1.82) is 0 Å². The quantitative estimate of drug-likeness (QED) is 0.0641. The molecular weight excluding hydrogens is 759 g/mol. The maximum atomic E-state index is 12.8. The van der Waals surface area contributed by atoms with E-state index in [1.165, 1.54) is 0 Å². The van der Waals surface area contributed by atoms with Gasteiger partial charge in [0.1, 0.15) is 17.6 Å². The largest absolute Gasteiger partial charge is 0.497 e. The lowest BCUT2D eigenvalue weighted by molar-refractivity contribution is 0.0935. The third-order valence-corrected chi connectivity index (χ3v) is 10.1. The van der Waals surface area contributed by atoms with Crippen LogP contribution in [0.25, 0.3) is 22.6 Å². The van der Waals surface area contributed by atoms with Crippen molar-refractivity contribution in [3.05, 3.63) is 77.9 Å². The van der Waals surface area contributed by atoms with Gasteiger partial charge in [0.15, 0.2) is 40.3 Å². The van der Waals surface area contributed by atoms with E-state index in [1.807, 2.05) is 60.7 Å². The van der Waals surface area contributed by atoms with Crippen LogP contribution in [0, 0.1) is 0 Å². The van der Waals surface area contributed by atoms with Gasteiger partial charge in [0.2, 0.25) is 11.5 Å². The third-order valence-electron chi connectivity index (χ3n) is 10.1. The molecule has 2 N–H and O–H groups in total. The number of hydrogen-bond donors (Lipinski definition) is 2. The molecule has 0 aliphatic carbocycles. The van der Waals surface area contributed by atoms with E-state index >= 15 is 0 Å². The van der Waals surface area contributed by atoms with E-state index in [1.54, 1.807) is 55.8 Å². The molecule has 0 bridgehead atoms. The smallest absolute Gasteiger partial charge is 0.255 e. The van der Waals surface area contributed by atoms with Gasteiger partial charge >= 0.3 is 0 Å². The number of carbonyl (C=O) groups excluding carboxylic acids is 1. The highest BCUT2D eigenvalue weighted by atomic mass is 16.5. The average Bonchev–Trinajstić information content (AvgIpc) is 3.78. The molecule has 1 amide bonds. The summed E-state index contributed by atoms with van der Waals surface area (Å²) in [6.45, 7) is 1.12. The normalized spacial score (nSPS) is 13.1. The minimum absolute atomic E-state index is 0.172. The molecule has 1 aromatic heterocycles. The topological polar surface area (TPSA) is 150 Å². The van der Waals surface area contributed by atoms with Gasteiger partial charge in [-0.15, -0.1) is 0 Å². The molecule has 5 aromatic rings. The number of rotatable bonds is 22. The number of fused-ring (bicyclic) bond motifs is 1. The number of hydrogen-bond acceptors (Lipinski definition) is 13. The standard InChI is InChI=1S/C45H53N3O11/c1-50-31-16-17-33-32(26-31)45(49)47-44(46-33)28-15-18-35(37(21-28)51-2)57-19-13-11-9-8-10-12-14-20-58-43-40(54-5)24-30(25-41(43)55-6)36-27-34(48-59-36)29-22-38(52-3)42(56-7)39(23-29)53-4/h15-18,21-27,44,46H,8-14,19-20H2,1-7H3,(H,47,49). The average molecular weight is 812 g/mol. The summed E-state index contributed by atoms with van der Waals surface area (Å²) in [6, 6.07) is 20.3. The lowest BCUT2D eigenvalue weighted by Gasteiger charge is -2.28. The number of ether oxygens (including phenoxy) is 9. The fraction of sp³-hybridized carbons (Fsp3) is 0.378. The van der Waals surface area contributed by atoms with Crippen molar-refractivity contribution in [1.82, 2.24) is 10.5 Å². The molecular formula is C45H53N3O11. The molecule has 14 nitrogen and oxygen atoms in total. The first-order chi connectivity index (χ1) is 28.8. The number of nitrogens with zero attached hydrogens (tertiary/aromatic N) is 1. The molecule has 1 atom stereocenters. The second-order valence-electron chi connectivity index (χ2n) is 13.7. The molecule has 0 fully saturated rings. The van der Waals surface area contributed by atoms with Crippen LogP contribution in [0.4, 0.5) is 5.69 Å². The van der Waals surface area contributed by atoms with E-state index in [4.69, 9.17) is 47.2 Å². The lowest BCUT2D eigenvalue weighted by atomic mass is 10.0. The van der Waals surface area contributed by atoms with Gasteiger partial charge in [-0.05, 0) is 73.0 Å². The van der Waals surface area contributed by atoms with Gasteiger partial charge in [-0.3, -0.25) is 4.79 Å². The Hall–Kier alpha value is -6.44. The van der Waals surface area contributed by atoms with E-state index in [0.717, 1.165) is 67.3 Å². The number of nitrogens with one attached hydrogen (secondary N) is 2. The molecule has 14 heteroatoms. The van der Waals surface area contributed by atoms with E-state index in [2.05, 4.69) is 15.8 Å². The minimum atomic E-state index is -0.403. The van der Waals surface area contributed by atoms with Crippen LogP contribution in [0.3, 0.4) is 0 Å². The second kappa shape index (κ2) is 20.3. The number of benzene rings is 4. The van der Waals surface area contributed by atoms with Crippen LogP contribution in [0.5, 0.6) is 51.7 Å². The molecule has 314 valence electrons. The molecule has 59 heavy (non-hydrogen) atoms. The molecule has 1 aliphatic heterocycles. The summed E-state index contributed by atoms with van der Waals surface area (Å²) < 4.78 is 56.8. The lowest BCUT2D eigenvalue weighted by Crippen LogP contribution is -2.38. The molecule has 0 spiro atoms. The second-order valence-corrected chi connectivity index (χ2v) is 13.7. The number of amides is 1. The Morgan fingerprint density at radius 3 is 1.75 bits per heavy atom. The summed E-state index contributed by atoms with van der Waals surface area (Å²) in [5.74, 6) is 5.39. The van der Waals surface area contributed by atoms with E-state index in [9.17, 15) is 4.79 Å². The summed E-state index contributed by atoms with van der Waals surface area (Å²) in [5.41, 5.74) is 4.19. The number of anilines is 1. The van der Waals surface area contributed by atoms with Crippen LogP contribution in [-0.4, -0.2) is 74.0 Å². The number of carbonyl (C=O) groups is 1. The molecule has 0 radical (unpaired) electrons. The van der Waals surface area contributed by atoms with Crippen LogP contribution in [0.2, 0.25) is 0 Å². The highest BCUT2D eigenvalue weighted by molar-refractivity contribution is 6.02. The van der Waals surface area contributed by atoms with Crippen molar-refractivity contribution >= 4 is 11.6 Å². The van der Waals surface area contributed by atoms with Crippen LogP contribution in [-0.2, 0) is 0 Å².